The molecule has 1 aliphatic rings. The Morgan fingerprint density at radius 3 is 3.00 bits per heavy atom. The molecule has 86 valence electrons. The van der Waals surface area contributed by atoms with Crippen LogP contribution in [0, 0.1) is 0 Å². The summed E-state index contributed by atoms with van der Waals surface area (Å²) in [6.45, 7) is 0.967. The lowest BCUT2D eigenvalue weighted by Crippen LogP contribution is -2.24. The second-order valence-corrected chi connectivity index (χ2v) is 4.44. The third-order valence-electron chi connectivity index (χ3n) is 2.86. The van der Waals surface area contributed by atoms with Gasteiger partial charge in [-0.3, -0.25) is 4.79 Å². The predicted molar refractivity (Wildman–Crippen MR) is 69.1 cm³/mol. The number of fused-ring (bicyclic) bond motifs is 1. The van der Waals surface area contributed by atoms with E-state index in [9.17, 15) is 4.79 Å². The molecule has 0 saturated carbocycles. The van der Waals surface area contributed by atoms with Crippen LogP contribution in [0.25, 0.3) is 0 Å². The number of likely N-dealkylation sites (N-methyl/N-ethyl adjacent to an activating group) is 1. The van der Waals surface area contributed by atoms with E-state index in [1.54, 1.807) is 4.90 Å². The van der Waals surface area contributed by atoms with Gasteiger partial charge in [-0.15, -0.1) is 0 Å². The summed E-state index contributed by atoms with van der Waals surface area (Å²) < 4.78 is 0. The number of carbonyl (C=O) groups excluding carboxylic acids is 1. The van der Waals surface area contributed by atoms with Gasteiger partial charge in [0.05, 0.1) is 11.9 Å². The normalized spacial score (nSPS) is 14.4. The van der Waals surface area contributed by atoms with Crippen LogP contribution in [0.3, 0.4) is 0 Å². The number of nitrogens with zero attached hydrogens (tertiary/aromatic N) is 1. The zero-order valence-electron chi connectivity index (χ0n) is 9.29. The lowest BCUT2D eigenvalue weighted by atomic mass is 10.1. The molecule has 0 spiro atoms. The first kappa shape index (κ1) is 11.6. The summed E-state index contributed by atoms with van der Waals surface area (Å²) in [4.78, 5) is 13.4. The van der Waals surface area contributed by atoms with E-state index in [2.05, 4.69) is 33.4 Å². The van der Waals surface area contributed by atoms with Gasteiger partial charge in [0.2, 0.25) is 5.91 Å². The molecule has 0 atom stereocenters. The Kier molecular flexibility index (Phi) is 3.61. The fourth-order valence-corrected chi connectivity index (χ4v) is 2.54. The monoisotopic (exact) mass is 282 g/mol. The van der Waals surface area contributed by atoms with Gasteiger partial charge < -0.3 is 10.2 Å². The van der Waals surface area contributed by atoms with E-state index < -0.39 is 0 Å². The number of benzene rings is 1. The molecular formula is C12H15BrN2O. The Balaban J connectivity index is 2.22. The highest BCUT2D eigenvalue weighted by Gasteiger charge is 2.26. The second kappa shape index (κ2) is 4.97. The molecular weight excluding hydrogens is 268 g/mol. The number of halogens is 1. The van der Waals surface area contributed by atoms with Crippen LogP contribution < -0.4 is 10.2 Å². The minimum absolute atomic E-state index is 0.178. The number of carbonyl (C=O) groups is 1. The van der Waals surface area contributed by atoms with E-state index in [0.717, 1.165) is 24.2 Å². The van der Waals surface area contributed by atoms with Gasteiger partial charge >= 0.3 is 0 Å². The Labute approximate surface area is 104 Å². The van der Waals surface area contributed by atoms with Crippen LogP contribution in [0.15, 0.2) is 18.2 Å². The van der Waals surface area contributed by atoms with Crippen LogP contribution in [0.2, 0.25) is 0 Å². The third-order valence-corrected chi connectivity index (χ3v) is 3.36. The summed E-state index contributed by atoms with van der Waals surface area (Å²) in [6.07, 6.45) is 1.54. The van der Waals surface area contributed by atoms with E-state index in [1.807, 2.05) is 13.1 Å². The molecule has 0 radical (unpaired) electrons. The summed E-state index contributed by atoms with van der Waals surface area (Å²) in [6, 6.07) is 6.30. The van der Waals surface area contributed by atoms with Crippen molar-refractivity contribution in [3.05, 3.63) is 29.3 Å². The van der Waals surface area contributed by atoms with Crippen molar-refractivity contribution in [3.8, 4) is 0 Å². The predicted octanol–water partition coefficient (Wildman–Crippen LogP) is 1.69. The van der Waals surface area contributed by atoms with Crippen molar-refractivity contribution in [2.75, 3.05) is 23.9 Å². The van der Waals surface area contributed by atoms with Gasteiger partial charge in [-0.2, -0.15) is 0 Å². The highest BCUT2D eigenvalue weighted by atomic mass is 79.9. The number of hydrogen-bond donors (Lipinski definition) is 1. The molecule has 1 N–H and O–H groups in total. The Bertz CT molecular complexity index is 406. The highest BCUT2D eigenvalue weighted by molar-refractivity contribution is 9.09. The van der Waals surface area contributed by atoms with Crippen molar-refractivity contribution >= 4 is 27.5 Å². The van der Waals surface area contributed by atoms with Gasteiger partial charge in [-0.05, 0) is 37.2 Å². The molecule has 0 unspecified atom stereocenters. The molecule has 1 aromatic rings. The maximum Gasteiger partial charge on any atom is 0.232 e. The zero-order chi connectivity index (χ0) is 11.5. The minimum Gasteiger partial charge on any atom is -0.319 e. The fourth-order valence-electron chi connectivity index (χ4n) is 1.99. The smallest absolute Gasteiger partial charge is 0.232 e. The average molecular weight is 283 g/mol. The molecule has 4 heteroatoms. The summed E-state index contributed by atoms with van der Waals surface area (Å²) in [5, 5.41) is 3.13. The van der Waals surface area contributed by atoms with Crippen molar-refractivity contribution in [1.29, 1.82) is 0 Å². The topological polar surface area (TPSA) is 32.3 Å². The number of nitrogens with one attached hydrogen (secondary N) is 1. The van der Waals surface area contributed by atoms with Crippen molar-refractivity contribution in [2.24, 2.45) is 0 Å². The summed E-state index contributed by atoms with van der Waals surface area (Å²) in [5.74, 6) is 0.178. The maximum atomic E-state index is 11.7. The number of rotatable bonds is 4. The van der Waals surface area contributed by atoms with Crippen LogP contribution in [0.4, 0.5) is 5.69 Å². The first-order chi connectivity index (χ1) is 7.76. The third kappa shape index (κ3) is 2.13. The molecule has 0 aromatic heterocycles. The van der Waals surface area contributed by atoms with E-state index in [0.29, 0.717) is 11.9 Å². The summed E-state index contributed by atoms with van der Waals surface area (Å²) in [7, 11) is 1.95. The van der Waals surface area contributed by atoms with Gasteiger partial charge in [0.1, 0.15) is 0 Å². The number of alkyl halides is 1. The Morgan fingerprint density at radius 1 is 1.50 bits per heavy atom. The average Bonchev–Trinajstić information content (AvgIpc) is 2.60. The lowest BCUT2D eigenvalue weighted by Gasteiger charge is -2.13. The van der Waals surface area contributed by atoms with Crippen LogP contribution in [0.5, 0.6) is 0 Å². The van der Waals surface area contributed by atoms with Crippen molar-refractivity contribution in [1.82, 2.24) is 5.32 Å². The van der Waals surface area contributed by atoms with Gasteiger partial charge in [0, 0.05) is 5.69 Å². The van der Waals surface area contributed by atoms with E-state index >= 15 is 0 Å². The Hall–Kier alpha value is -0.870. The van der Waals surface area contributed by atoms with Crippen LogP contribution in [-0.4, -0.2) is 25.0 Å². The first-order valence-corrected chi connectivity index (χ1v) is 6.51. The molecule has 0 bridgehead atoms. The van der Waals surface area contributed by atoms with Gasteiger partial charge in [-0.1, -0.05) is 28.1 Å². The number of amides is 1. The zero-order valence-corrected chi connectivity index (χ0v) is 10.9. The molecule has 0 aliphatic carbocycles. The SMILES string of the molecule is CNCCc1ccc2c(c1)CC(=O)N2CBr. The summed E-state index contributed by atoms with van der Waals surface area (Å²) in [5.41, 5.74) is 4.07. The number of anilines is 1. The van der Waals surface area contributed by atoms with E-state index in [-0.39, 0.29) is 5.91 Å². The molecule has 0 saturated heterocycles. The maximum absolute atomic E-state index is 11.7. The van der Waals surface area contributed by atoms with Crippen LogP contribution in [-0.2, 0) is 17.6 Å². The molecule has 1 heterocycles. The minimum atomic E-state index is 0.178. The molecule has 1 aliphatic heterocycles. The second-order valence-electron chi connectivity index (χ2n) is 3.93. The largest absolute Gasteiger partial charge is 0.319 e. The summed E-state index contributed by atoms with van der Waals surface area (Å²) >= 11 is 3.34. The standard InChI is InChI=1S/C12H15BrN2O/c1-14-5-4-9-2-3-11-10(6-9)7-12(16)15(11)8-13/h2-3,6,14H,4-5,7-8H2,1H3. The van der Waals surface area contributed by atoms with E-state index in [1.165, 1.54) is 5.56 Å². The van der Waals surface area contributed by atoms with Crippen LogP contribution in [0.1, 0.15) is 11.1 Å². The molecule has 1 amide bonds. The van der Waals surface area contributed by atoms with E-state index in [4.69, 9.17) is 0 Å². The fraction of sp³-hybridized carbons (Fsp3) is 0.417. The molecule has 2 rings (SSSR count). The van der Waals surface area contributed by atoms with Gasteiger partial charge in [-0.25, -0.2) is 0 Å². The first-order valence-electron chi connectivity index (χ1n) is 5.39. The molecule has 3 nitrogen and oxygen atoms in total. The quantitative estimate of drug-likeness (QED) is 0.673. The van der Waals surface area contributed by atoms with Gasteiger partial charge in [0.15, 0.2) is 0 Å². The molecule has 1 aromatic carbocycles. The van der Waals surface area contributed by atoms with Crippen molar-refractivity contribution in [2.45, 2.75) is 12.8 Å². The Morgan fingerprint density at radius 2 is 2.31 bits per heavy atom. The molecule has 16 heavy (non-hydrogen) atoms. The lowest BCUT2D eigenvalue weighted by molar-refractivity contribution is -0.117. The van der Waals surface area contributed by atoms with Crippen molar-refractivity contribution < 1.29 is 4.79 Å². The van der Waals surface area contributed by atoms with Crippen molar-refractivity contribution in [3.63, 3.8) is 0 Å². The molecule has 0 fully saturated rings. The van der Waals surface area contributed by atoms with Gasteiger partial charge in [0.25, 0.3) is 0 Å². The van der Waals surface area contributed by atoms with Crippen LogP contribution >= 0.6 is 15.9 Å². The number of hydrogen-bond acceptors (Lipinski definition) is 2. The highest BCUT2D eigenvalue weighted by Crippen LogP contribution is 2.30.